The highest BCUT2D eigenvalue weighted by Crippen LogP contribution is 2.17. The number of pyridine rings is 1. The van der Waals surface area contributed by atoms with Gasteiger partial charge < -0.3 is 11.2 Å². The average Bonchev–Trinajstić information content (AvgIpc) is 2.28. The maximum absolute atomic E-state index is 11.7. The number of hydrazine groups is 1. The van der Waals surface area contributed by atoms with Gasteiger partial charge in [0, 0.05) is 6.20 Å². The lowest BCUT2D eigenvalue weighted by molar-refractivity contribution is -0.113. The monoisotopic (exact) mass is 242 g/mol. The maximum Gasteiger partial charge on any atom is 0.260 e. The van der Waals surface area contributed by atoms with Crippen molar-refractivity contribution in [1.82, 2.24) is 4.98 Å². The molecule has 0 bridgehead atoms. The van der Waals surface area contributed by atoms with E-state index in [0.29, 0.717) is 5.82 Å². The molecule has 1 aromatic rings. The van der Waals surface area contributed by atoms with Gasteiger partial charge in [-0.05, 0) is 12.1 Å². The first-order valence-corrected chi connectivity index (χ1v) is 5.54. The molecule has 0 fully saturated rings. The van der Waals surface area contributed by atoms with E-state index in [9.17, 15) is 13.2 Å². The van der Waals surface area contributed by atoms with E-state index in [-0.39, 0.29) is 4.90 Å². The number of aromatic nitrogens is 1. The highest BCUT2D eigenvalue weighted by atomic mass is 32.2. The number of hydrogen-bond donors (Lipinski definition) is 3. The van der Waals surface area contributed by atoms with Crippen LogP contribution in [0.4, 0.5) is 5.82 Å². The Balaban J connectivity index is 3.18. The van der Waals surface area contributed by atoms with Crippen molar-refractivity contribution in [3.05, 3.63) is 29.8 Å². The Hall–Kier alpha value is -1.93. The second-order valence-corrected chi connectivity index (χ2v) is 4.79. The molecule has 0 radical (unpaired) electrons. The van der Waals surface area contributed by atoms with Crippen LogP contribution in [0.2, 0.25) is 0 Å². The molecule has 0 spiro atoms. The molecule has 5 N–H and O–H groups in total. The van der Waals surface area contributed by atoms with Crippen molar-refractivity contribution >= 4 is 21.6 Å². The number of nitrogens with zero attached hydrogens (tertiary/aromatic N) is 1. The number of nitrogens with one attached hydrogen (secondary N) is 1. The number of hydrogen-bond acceptors (Lipinski definition) is 6. The number of amides is 1. The molecular formula is C8H10N4O3S. The molecule has 86 valence electrons. The predicted octanol–water partition coefficient (Wildman–Crippen LogP) is -0.860. The van der Waals surface area contributed by atoms with E-state index in [1.54, 1.807) is 0 Å². The van der Waals surface area contributed by atoms with Crippen LogP contribution in [0.15, 0.2) is 34.7 Å². The van der Waals surface area contributed by atoms with Gasteiger partial charge in [-0.1, -0.05) is 6.58 Å². The van der Waals surface area contributed by atoms with Crippen molar-refractivity contribution in [2.24, 2.45) is 11.6 Å². The van der Waals surface area contributed by atoms with Gasteiger partial charge in [0.25, 0.3) is 5.91 Å². The van der Waals surface area contributed by atoms with E-state index in [4.69, 9.17) is 11.6 Å². The second kappa shape index (κ2) is 4.29. The zero-order valence-electron chi connectivity index (χ0n) is 8.17. The smallest absolute Gasteiger partial charge is 0.260 e. The topological polar surface area (TPSA) is 128 Å². The van der Waals surface area contributed by atoms with Gasteiger partial charge in [0.1, 0.15) is 10.7 Å². The second-order valence-electron chi connectivity index (χ2n) is 2.81. The van der Waals surface area contributed by atoms with Gasteiger partial charge in [-0.25, -0.2) is 19.2 Å². The first kappa shape index (κ1) is 12.1. The third-order valence-corrected chi connectivity index (χ3v) is 3.51. The van der Waals surface area contributed by atoms with E-state index in [2.05, 4.69) is 17.0 Å². The van der Waals surface area contributed by atoms with Crippen LogP contribution in [-0.2, 0) is 14.6 Å². The molecule has 0 aliphatic heterocycles. The summed E-state index contributed by atoms with van der Waals surface area (Å²) in [6.07, 6.45) is 1.05. The summed E-state index contributed by atoms with van der Waals surface area (Å²) >= 11 is 0. The van der Waals surface area contributed by atoms with Crippen molar-refractivity contribution in [3.63, 3.8) is 0 Å². The van der Waals surface area contributed by atoms with Crippen molar-refractivity contribution in [1.29, 1.82) is 0 Å². The van der Waals surface area contributed by atoms with E-state index in [0.717, 1.165) is 6.20 Å². The maximum atomic E-state index is 11.7. The molecule has 1 amide bonds. The molecule has 7 nitrogen and oxygen atoms in total. The lowest BCUT2D eigenvalue weighted by atomic mass is 10.5. The van der Waals surface area contributed by atoms with Crippen LogP contribution < -0.4 is 17.0 Å². The molecule has 1 aromatic heterocycles. The predicted molar refractivity (Wildman–Crippen MR) is 57.6 cm³/mol. The molecule has 8 heteroatoms. The number of nitrogen functional groups attached to an aromatic ring is 1. The highest BCUT2D eigenvalue weighted by Gasteiger charge is 2.23. The molecule has 1 heterocycles. The molecule has 0 aliphatic rings. The Morgan fingerprint density at radius 1 is 1.44 bits per heavy atom. The van der Waals surface area contributed by atoms with Gasteiger partial charge in [0.05, 0.1) is 4.90 Å². The minimum Gasteiger partial charge on any atom is -0.365 e. The molecule has 0 aliphatic carbocycles. The van der Waals surface area contributed by atoms with E-state index in [1.165, 1.54) is 12.1 Å². The fourth-order valence-electron chi connectivity index (χ4n) is 0.899. The molecule has 0 unspecified atom stereocenters. The van der Waals surface area contributed by atoms with Crippen LogP contribution in [0.3, 0.4) is 0 Å². The van der Waals surface area contributed by atoms with Crippen molar-refractivity contribution in [2.75, 3.05) is 5.43 Å². The Morgan fingerprint density at radius 2 is 2.06 bits per heavy atom. The first-order valence-electron chi connectivity index (χ1n) is 4.06. The molecule has 0 aromatic carbocycles. The summed E-state index contributed by atoms with van der Waals surface area (Å²) in [6, 6.07) is 2.59. The first-order chi connectivity index (χ1) is 7.39. The van der Waals surface area contributed by atoms with Gasteiger partial charge in [-0.3, -0.25) is 4.79 Å². The average molecular weight is 242 g/mol. The SMILES string of the molecule is C=C(C(N)=O)S(=O)(=O)c1ccc(NN)nc1. The Bertz CT molecular complexity index is 521. The van der Waals surface area contributed by atoms with Crippen molar-refractivity contribution in [2.45, 2.75) is 4.90 Å². The molecule has 0 saturated heterocycles. The molecule has 16 heavy (non-hydrogen) atoms. The Kier molecular flexibility index (Phi) is 3.25. The largest absolute Gasteiger partial charge is 0.365 e. The number of primary amides is 1. The van der Waals surface area contributed by atoms with Gasteiger partial charge >= 0.3 is 0 Å². The summed E-state index contributed by atoms with van der Waals surface area (Å²) in [5.41, 5.74) is 7.08. The lowest BCUT2D eigenvalue weighted by Crippen LogP contribution is -2.20. The van der Waals surface area contributed by atoms with E-state index in [1.807, 2.05) is 0 Å². The molecule has 1 rings (SSSR count). The van der Waals surface area contributed by atoms with Crippen LogP contribution in [0, 0.1) is 0 Å². The number of sulfone groups is 1. The lowest BCUT2D eigenvalue weighted by Gasteiger charge is -2.04. The summed E-state index contributed by atoms with van der Waals surface area (Å²) in [5, 5.41) is 0. The molecular weight excluding hydrogens is 232 g/mol. The fourth-order valence-corrected chi connectivity index (χ4v) is 1.89. The third kappa shape index (κ3) is 2.18. The third-order valence-electron chi connectivity index (χ3n) is 1.79. The van der Waals surface area contributed by atoms with Gasteiger partial charge in [0.2, 0.25) is 9.84 Å². The summed E-state index contributed by atoms with van der Waals surface area (Å²) in [7, 11) is -3.96. The van der Waals surface area contributed by atoms with Gasteiger partial charge in [-0.2, -0.15) is 0 Å². The summed E-state index contributed by atoms with van der Waals surface area (Å²) in [5.74, 6) is 4.26. The van der Waals surface area contributed by atoms with E-state index >= 15 is 0 Å². The van der Waals surface area contributed by atoms with Crippen molar-refractivity contribution < 1.29 is 13.2 Å². The number of carbonyl (C=O) groups is 1. The summed E-state index contributed by atoms with van der Waals surface area (Å²) in [4.78, 5) is 13.6. The van der Waals surface area contributed by atoms with Crippen molar-refractivity contribution in [3.8, 4) is 0 Å². The van der Waals surface area contributed by atoms with Crippen LogP contribution in [0.1, 0.15) is 0 Å². The number of carbonyl (C=O) groups excluding carboxylic acids is 1. The quantitative estimate of drug-likeness (QED) is 0.358. The number of nitrogens with two attached hydrogens (primary N) is 2. The number of rotatable bonds is 4. The van der Waals surface area contributed by atoms with Crippen LogP contribution >= 0.6 is 0 Å². The Morgan fingerprint density at radius 3 is 2.44 bits per heavy atom. The van der Waals surface area contributed by atoms with Crippen LogP contribution in [-0.4, -0.2) is 19.3 Å². The zero-order chi connectivity index (χ0) is 12.3. The minimum atomic E-state index is -3.96. The van der Waals surface area contributed by atoms with E-state index < -0.39 is 20.6 Å². The minimum absolute atomic E-state index is 0.171. The molecule has 0 saturated carbocycles. The van der Waals surface area contributed by atoms with Crippen LogP contribution in [0.25, 0.3) is 0 Å². The summed E-state index contributed by atoms with van der Waals surface area (Å²) in [6.45, 7) is 3.11. The Labute approximate surface area is 92.0 Å². The normalized spacial score (nSPS) is 10.8. The standard InChI is InChI=1S/C8H10N4O3S/c1-5(8(9)13)16(14,15)6-2-3-7(12-10)11-4-6/h2-4H,1,10H2,(H2,9,13)(H,11,12). The van der Waals surface area contributed by atoms with Crippen LogP contribution in [0.5, 0.6) is 0 Å². The number of anilines is 1. The van der Waals surface area contributed by atoms with Gasteiger partial charge in [-0.15, -0.1) is 0 Å². The highest BCUT2D eigenvalue weighted by molar-refractivity contribution is 7.96. The fraction of sp³-hybridized carbons (Fsp3) is 0. The summed E-state index contributed by atoms with van der Waals surface area (Å²) < 4.78 is 23.4. The molecule has 0 atom stereocenters. The van der Waals surface area contributed by atoms with Gasteiger partial charge in [0.15, 0.2) is 0 Å². The zero-order valence-corrected chi connectivity index (χ0v) is 8.99.